The molecule has 0 aliphatic rings. The third-order valence-electron chi connectivity index (χ3n) is 1.94. The maximum atomic E-state index is 9.38. The maximum Gasteiger partial charge on any atom is 0.179 e. The van der Waals surface area contributed by atoms with Crippen LogP contribution in [0.3, 0.4) is 0 Å². The number of rotatable bonds is 3. The average molecular weight is 217 g/mol. The van der Waals surface area contributed by atoms with Crippen molar-refractivity contribution in [1.29, 1.82) is 0 Å². The Balaban J connectivity index is 3.24. The molecule has 3 nitrogen and oxygen atoms in total. The average Bonchev–Trinajstić information content (AvgIpc) is 2.16. The van der Waals surface area contributed by atoms with Gasteiger partial charge in [0.1, 0.15) is 0 Å². The van der Waals surface area contributed by atoms with Crippen molar-refractivity contribution in [3.8, 4) is 11.5 Å². The fraction of sp³-hybridized carbons (Fsp3) is 0.400. The first kappa shape index (κ1) is 11.1. The van der Waals surface area contributed by atoms with E-state index in [1.54, 1.807) is 19.1 Å². The molecule has 1 rings (SSSR count). The molecule has 1 N–H and O–H groups in total. The Labute approximate surface area is 88.2 Å². The molecule has 14 heavy (non-hydrogen) atoms. The summed E-state index contributed by atoms with van der Waals surface area (Å²) in [5, 5.41) is 9.81. The molecule has 0 saturated carbocycles. The molecule has 0 aliphatic carbocycles. The number of hydrogen-bond acceptors (Lipinski definition) is 3. The molecule has 0 amide bonds. The standard InChI is InChI=1S/C10H13ClO3/c1-6(12)7-4-8(11)10(14-3)9(5-7)13-2/h4-6,12H,1-3H3/t6-/m0/s1. The first-order valence-corrected chi connectivity index (χ1v) is 4.57. The van der Waals surface area contributed by atoms with Crippen molar-refractivity contribution < 1.29 is 14.6 Å². The largest absolute Gasteiger partial charge is 0.493 e. The van der Waals surface area contributed by atoms with Crippen LogP contribution in [0.2, 0.25) is 5.02 Å². The molecule has 0 heterocycles. The number of methoxy groups -OCH3 is 2. The summed E-state index contributed by atoms with van der Waals surface area (Å²) in [5.74, 6) is 1.01. The van der Waals surface area contributed by atoms with Crippen LogP contribution in [0.15, 0.2) is 12.1 Å². The van der Waals surface area contributed by atoms with Crippen LogP contribution in [-0.2, 0) is 0 Å². The van der Waals surface area contributed by atoms with Gasteiger partial charge < -0.3 is 14.6 Å². The van der Waals surface area contributed by atoms with Crippen molar-refractivity contribution in [1.82, 2.24) is 0 Å². The quantitative estimate of drug-likeness (QED) is 0.844. The van der Waals surface area contributed by atoms with E-state index in [0.29, 0.717) is 22.1 Å². The molecule has 0 aromatic heterocycles. The lowest BCUT2D eigenvalue weighted by Crippen LogP contribution is -1.96. The van der Waals surface area contributed by atoms with Crippen LogP contribution in [0.1, 0.15) is 18.6 Å². The SMILES string of the molecule is COc1cc([C@H](C)O)cc(Cl)c1OC. The zero-order chi connectivity index (χ0) is 10.7. The van der Waals surface area contributed by atoms with Crippen molar-refractivity contribution in [2.45, 2.75) is 13.0 Å². The van der Waals surface area contributed by atoms with Gasteiger partial charge in [0.2, 0.25) is 0 Å². The Bertz CT molecular complexity index is 323. The summed E-state index contributed by atoms with van der Waals surface area (Å²) >= 11 is 5.94. The fourth-order valence-electron chi connectivity index (χ4n) is 1.18. The van der Waals surface area contributed by atoms with E-state index < -0.39 is 6.10 Å². The highest BCUT2D eigenvalue weighted by molar-refractivity contribution is 6.32. The minimum Gasteiger partial charge on any atom is -0.493 e. The molecule has 1 atom stereocenters. The van der Waals surface area contributed by atoms with Crippen molar-refractivity contribution in [3.63, 3.8) is 0 Å². The predicted molar refractivity (Wildman–Crippen MR) is 55.2 cm³/mol. The lowest BCUT2D eigenvalue weighted by atomic mass is 10.1. The van der Waals surface area contributed by atoms with Gasteiger partial charge in [-0.2, -0.15) is 0 Å². The molecule has 0 spiro atoms. The van der Waals surface area contributed by atoms with E-state index in [0.717, 1.165) is 0 Å². The fourth-order valence-corrected chi connectivity index (χ4v) is 1.48. The minimum absolute atomic E-state index is 0.433. The van der Waals surface area contributed by atoms with E-state index in [-0.39, 0.29) is 0 Å². The minimum atomic E-state index is -0.577. The van der Waals surface area contributed by atoms with Gasteiger partial charge in [-0.3, -0.25) is 0 Å². The lowest BCUT2D eigenvalue weighted by Gasteiger charge is -2.12. The van der Waals surface area contributed by atoms with Crippen molar-refractivity contribution in [3.05, 3.63) is 22.7 Å². The second kappa shape index (κ2) is 4.53. The molecule has 1 aromatic rings. The van der Waals surface area contributed by atoms with E-state index in [4.69, 9.17) is 21.1 Å². The first-order chi connectivity index (χ1) is 6.60. The van der Waals surface area contributed by atoms with E-state index >= 15 is 0 Å². The number of benzene rings is 1. The van der Waals surface area contributed by atoms with Gasteiger partial charge in [-0.1, -0.05) is 11.6 Å². The van der Waals surface area contributed by atoms with Crippen molar-refractivity contribution in [2.24, 2.45) is 0 Å². The predicted octanol–water partition coefficient (Wildman–Crippen LogP) is 2.41. The molecule has 0 unspecified atom stereocenters. The molecule has 0 bridgehead atoms. The van der Waals surface area contributed by atoms with Gasteiger partial charge in [-0.05, 0) is 24.6 Å². The second-order valence-corrected chi connectivity index (χ2v) is 3.32. The summed E-state index contributed by atoms with van der Waals surface area (Å²) in [6, 6.07) is 3.36. The van der Waals surface area contributed by atoms with Gasteiger partial charge in [0.25, 0.3) is 0 Å². The highest BCUT2D eigenvalue weighted by Gasteiger charge is 2.12. The molecule has 4 heteroatoms. The Hall–Kier alpha value is -0.930. The Kier molecular flexibility index (Phi) is 3.61. The first-order valence-electron chi connectivity index (χ1n) is 4.19. The molecular formula is C10H13ClO3. The van der Waals surface area contributed by atoms with E-state index in [2.05, 4.69) is 0 Å². The maximum absolute atomic E-state index is 9.38. The smallest absolute Gasteiger partial charge is 0.179 e. The van der Waals surface area contributed by atoms with Gasteiger partial charge in [-0.25, -0.2) is 0 Å². The van der Waals surface area contributed by atoms with Crippen molar-refractivity contribution in [2.75, 3.05) is 14.2 Å². The Morgan fingerprint density at radius 2 is 1.93 bits per heavy atom. The molecule has 0 radical (unpaired) electrons. The summed E-state index contributed by atoms with van der Waals surface area (Å²) in [5.41, 5.74) is 0.702. The summed E-state index contributed by atoms with van der Waals surface area (Å²) in [6.07, 6.45) is -0.577. The number of aliphatic hydroxyl groups excluding tert-OH is 1. The summed E-state index contributed by atoms with van der Waals surface area (Å²) in [4.78, 5) is 0. The van der Waals surface area contributed by atoms with Crippen LogP contribution >= 0.6 is 11.6 Å². The van der Waals surface area contributed by atoms with Crippen LogP contribution in [0.5, 0.6) is 11.5 Å². The Morgan fingerprint density at radius 3 is 2.36 bits per heavy atom. The van der Waals surface area contributed by atoms with Crippen molar-refractivity contribution >= 4 is 11.6 Å². The molecule has 1 aromatic carbocycles. The number of halogens is 1. The van der Waals surface area contributed by atoms with Crippen LogP contribution in [0, 0.1) is 0 Å². The highest BCUT2D eigenvalue weighted by Crippen LogP contribution is 2.37. The van der Waals surface area contributed by atoms with Gasteiger partial charge in [0.05, 0.1) is 25.3 Å². The lowest BCUT2D eigenvalue weighted by molar-refractivity contribution is 0.198. The van der Waals surface area contributed by atoms with E-state index in [1.807, 2.05) is 0 Å². The number of hydrogen-bond donors (Lipinski definition) is 1. The third kappa shape index (κ3) is 2.11. The summed E-state index contributed by atoms with van der Waals surface area (Å²) < 4.78 is 10.2. The highest BCUT2D eigenvalue weighted by atomic mass is 35.5. The topological polar surface area (TPSA) is 38.7 Å². The van der Waals surface area contributed by atoms with E-state index in [9.17, 15) is 5.11 Å². The summed E-state index contributed by atoms with van der Waals surface area (Å²) in [7, 11) is 3.05. The van der Waals surface area contributed by atoms with E-state index in [1.165, 1.54) is 14.2 Å². The molecule has 78 valence electrons. The van der Waals surface area contributed by atoms with Gasteiger partial charge in [-0.15, -0.1) is 0 Å². The molecule has 0 fully saturated rings. The van der Waals surface area contributed by atoms with Crippen LogP contribution in [0.4, 0.5) is 0 Å². The molecule has 0 aliphatic heterocycles. The third-order valence-corrected chi connectivity index (χ3v) is 2.22. The molecule has 0 saturated heterocycles. The Morgan fingerprint density at radius 1 is 1.29 bits per heavy atom. The van der Waals surface area contributed by atoms with Gasteiger partial charge in [0.15, 0.2) is 11.5 Å². The van der Waals surface area contributed by atoms with Crippen LogP contribution < -0.4 is 9.47 Å². The monoisotopic (exact) mass is 216 g/mol. The van der Waals surface area contributed by atoms with Gasteiger partial charge in [0, 0.05) is 0 Å². The van der Waals surface area contributed by atoms with Gasteiger partial charge >= 0.3 is 0 Å². The number of ether oxygens (including phenoxy) is 2. The molecular weight excluding hydrogens is 204 g/mol. The van der Waals surface area contributed by atoms with Crippen LogP contribution in [0.25, 0.3) is 0 Å². The zero-order valence-corrected chi connectivity index (χ0v) is 9.13. The second-order valence-electron chi connectivity index (χ2n) is 2.91. The zero-order valence-electron chi connectivity index (χ0n) is 8.37. The summed E-state index contributed by atoms with van der Waals surface area (Å²) in [6.45, 7) is 1.66. The number of aliphatic hydroxyl groups is 1. The van der Waals surface area contributed by atoms with Crippen LogP contribution in [-0.4, -0.2) is 19.3 Å². The normalized spacial score (nSPS) is 12.4.